The van der Waals surface area contributed by atoms with Gasteiger partial charge in [-0.2, -0.15) is 5.06 Å². The first-order chi connectivity index (χ1) is 27.1. The summed E-state index contributed by atoms with van der Waals surface area (Å²) in [5.74, 6) is 0.638. The second-order valence-corrected chi connectivity index (χ2v) is 19.4. The number of benzene rings is 1. The third kappa shape index (κ3) is 11.1. The molecule has 3 saturated carbocycles. The predicted octanol–water partition coefficient (Wildman–Crippen LogP) is 6.56. The Balaban J connectivity index is 1.38. The summed E-state index contributed by atoms with van der Waals surface area (Å²) >= 11 is 0. The lowest BCUT2D eigenvalue weighted by Crippen LogP contribution is -2.47. The second-order valence-electron chi connectivity index (χ2n) is 19.4. The number of hydroxylamine groups is 2. The largest absolute Gasteiger partial charge is 0.394 e. The molecule has 0 bridgehead atoms. The van der Waals surface area contributed by atoms with E-state index in [-0.39, 0.29) is 53.7 Å². The van der Waals surface area contributed by atoms with E-state index in [1.165, 1.54) is 19.3 Å². The minimum absolute atomic E-state index is 0.00986. The Bertz CT molecular complexity index is 1490. The summed E-state index contributed by atoms with van der Waals surface area (Å²) in [6.07, 6.45) is 11.9. The van der Waals surface area contributed by atoms with Crippen LogP contribution in [0.25, 0.3) is 0 Å². The monoisotopic (exact) mass is 796 g/mol. The van der Waals surface area contributed by atoms with Crippen molar-refractivity contribution in [3.63, 3.8) is 0 Å². The van der Waals surface area contributed by atoms with E-state index < -0.39 is 24.2 Å². The van der Waals surface area contributed by atoms with Gasteiger partial charge in [-0.15, -0.1) is 0 Å². The number of hydrogen-bond acceptors (Lipinski definition) is 9. The van der Waals surface area contributed by atoms with E-state index >= 15 is 0 Å². The van der Waals surface area contributed by atoms with E-state index in [1.807, 2.05) is 26.4 Å². The van der Waals surface area contributed by atoms with Crippen LogP contribution >= 0.6 is 0 Å². The number of nitrogens with one attached hydrogen (secondary N) is 1. The van der Waals surface area contributed by atoms with Crippen LogP contribution in [-0.2, 0) is 14.4 Å². The van der Waals surface area contributed by atoms with Crippen LogP contribution in [0.5, 0.6) is 0 Å². The van der Waals surface area contributed by atoms with Crippen LogP contribution in [0.15, 0.2) is 23.2 Å². The maximum atomic E-state index is 14.2. The summed E-state index contributed by atoms with van der Waals surface area (Å²) < 4.78 is 6.35. The number of likely N-dealkylation sites (N-methyl/N-ethyl adjacent to an activating group) is 1. The average molecular weight is 796 g/mol. The van der Waals surface area contributed by atoms with Crippen LogP contribution in [0.3, 0.4) is 0 Å². The Morgan fingerprint density at radius 2 is 1.81 bits per heavy atom. The van der Waals surface area contributed by atoms with Crippen LogP contribution in [0, 0.1) is 40.9 Å². The van der Waals surface area contributed by atoms with E-state index in [4.69, 9.17) is 9.57 Å². The highest BCUT2D eigenvalue weighted by Gasteiger charge is 2.51. The lowest BCUT2D eigenvalue weighted by atomic mass is 9.61. The first-order valence-electron chi connectivity index (χ1n) is 22.2. The molecule has 8 unspecified atom stereocenters. The number of nitrogens with zero attached hydrogens (tertiary/aromatic N) is 4. The molecule has 2 amide bonds. The van der Waals surface area contributed by atoms with Gasteiger partial charge < -0.3 is 30.1 Å². The summed E-state index contributed by atoms with van der Waals surface area (Å²) in [6, 6.07) is 5.49. The molecular formula is C46H77N5O6. The van der Waals surface area contributed by atoms with Crippen LogP contribution in [0.2, 0.25) is 0 Å². The van der Waals surface area contributed by atoms with E-state index in [0.29, 0.717) is 29.9 Å². The van der Waals surface area contributed by atoms with Crippen molar-refractivity contribution in [1.29, 1.82) is 0 Å². The number of hydrogen-bond donors (Lipinski definition) is 3. The van der Waals surface area contributed by atoms with Gasteiger partial charge in [0, 0.05) is 75.6 Å². The Morgan fingerprint density at radius 3 is 2.42 bits per heavy atom. The number of carbonyl (C=O) groups excluding carboxylic acids is 2. The lowest BCUT2D eigenvalue weighted by molar-refractivity contribution is -0.188. The molecule has 57 heavy (non-hydrogen) atoms. The summed E-state index contributed by atoms with van der Waals surface area (Å²) in [6.45, 7) is 11.8. The number of amides is 2. The van der Waals surface area contributed by atoms with Gasteiger partial charge in [-0.25, -0.2) is 4.99 Å². The molecule has 1 saturated heterocycles. The maximum absolute atomic E-state index is 14.2. The smallest absolute Gasteiger partial charge is 0.265 e. The molecule has 11 heteroatoms. The molecular weight excluding hydrogens is 719 g/mol. The molecule has 1 aromatic rings. The fourth-order valence-corrected chi connectivity index (χ4v) is 11.2. The maximum Gasteiger partial charge on any atom is 0.265 e. The number of aliphatic hydroxyl groups is 2. The second kappa shape index (κ2) is 20.2. The minimum Gasteiger partial charge on any atom is -0.394 e. The van der Waals surface area contributed by atoms with Crippen LogP contribution < -0.4 is 10.2 Å². The number of aliphatic imine (C=N–C) groups is 1. The number of anilines is 1. The van der Waals surface area contributed by atoms with E-state index in [9.17, 15) is 19.8 Å². The van der Waals surface area contributed by atoms with Crippen molar-refractivity contribution in [3.8, 4) is 0 Å². The zero-order valence-electron chi connectivity index (χ0n) is 37.0. The lowest BCUT2D eigenvalue weighted by Gasteiger charge is -2.44. The molecule has 11 nitrogen and oxygen atoms in total. The molecule has 1 aliphatic heterocycles. The molecule has 322 valence electrons. The van der Waals surface area contributed by atoms with Gasteiger partial charge in [-0.1, -0.05) is 59.8 Å². The van der Waals surface area contributed by atoms with Crippen LogP contribution in [0.4, 0.5) is 5.69 Å². The molecule has 0 spiro atoms. The first-order valence-corrected chi connectivity index (χ1v) is 22.2. The van der Waals surface area contributed by atoms with Gasteiger partial charge >= 0.3 is 0 Å². The summed E-state index contributed by atoms with van der Waals surface area (Å²) in [5, 5.41) is 26.6. The van der Waals surface area contributed by atoms with E-state index in [0.717, 1.165) is 69.2 Å². The Hall–Kier alpha value is -2.41. The summed E-state index contributed by atoms with van der Waals surface area (Å²) in [4.78, 5) is 43.5. The highest BCUT2D eigenvalue weighted by Crippen LogP contribution is 2.47. The van der Waals surface area contributed by atoms with Gasteiger partial charge in [-0.3, -0.25) is 14.4 Å². The molecule has 1 aromatic carbocycles. The summed E-state index contributed by atoms with van der Waals surface area (Å²) in [5.41, 5.74) is 2.95. The first kappa shape index (κ1) is 45.7. The average Bonchev–Trinajstić information content (AvgIpc) is 3.55. The Kier molecular flexibility index (Phi) is 16.2. The van der Waals surface area contributed by atoms with Gasteiger partial charge in [0.25, 0.3) is 11.8 Å². The predicted molar refractivity (Wildman–Crippen MR) is 229 cm³/mol. The van der Waals surface area contributed by atoms with E-state index in [1.54, 1.807) is 19.1 Å². The topological polar surface area (TPSA) is 127 Å². The molecule has 5 rings (SSSR count). The zero-order chi connectivity index (χ0) is 41.6. The Morgan fingerprint density at radius 1 is 1.09 bits per heavy atom. The fraction of sp³-hybridized carbons (Fsp3) is 0.804. The van der Waals surface area contributed by atoms with Gasteiger partial charge in [0.15, 0.2) is 0 Å². The zero-order valence-corrected chi connectivity index (χ0v) is 37.0. The minimum atomic E-state index is -0.888. The van der Waals surface area contributed by atoms with Crippen molar-refractivity contribution in [1.82, 2.24) is 15.3 Å². The highest BCUT2D eigenvalue weighted by molar-refractivity contribution is 5.95. The number of aliphatic hydroxyl groups excluding tert-OH is 2. The van der Waals surface area contributed by atoms with Crippen LogP contribution in [0.1, 0.15) is 127 Å². The van der Waals surface area contributed by atoms with Crippen molar-refractivity contribution in [2.75, 3.05) is 59.9 Å². The number of carbonyl (C=O) groups is 2. The molecule has 4 aliphatic rings. The van der Waals surface area contributed by atoms with Crippen molar-refractivity contribution in [3.05, 3.63) is 29.3 Å². The normalized spacial score (nSPS) is 32.4. The van der Waals surface area contributed by atoms with Crippen molar-refractivity contribution in [2.45, 2.75) is 142 Å². The number of rotatable bonds is 15. The fourth-order valence-electron chi connectivity index (χ4n) is 11.2. The van der Waals surface area contributed by atoms with Crippen molar-refractivity contribution in [2.24, 2.45) is 45.9 Å². The molecule has 4 fully saturated rings. The Labute approximate surface area is 344 Å². The third-order valence-corrected chi connectivity index (χ3v) is 14.4. The number of ether oxygens (including phenoxy) is 1. The molecule has 3 aliphatic carbocycles. The standard InChI is InChI=1S/C46H77N5O6/c1-11-36-21-35(29(2)24-46(36,4)5)25-47-45(55)42-41(30(3)53)40(28-52)57-51(42)26-32-18-15-19-38(43(32)56-10)33-20-34(23-37(22-33)50(8)9)44(54)48-39(27-49(6)7)31-16-13-12-14-17-31/h20,22-23,25,29-32,35-36,38-43,52-53H,11-19,21,24,26-28H2,1-10H3,(H,48,54)/t29-,30?,32?,35?,36+,38?,39?,40-,41?,42?,43?/m0/s1. The molecule has 0 aromatic heterocycles. The molecule has 0 radical (unpaired) electrons. The molecule has 3 N–H and O–H groups in total. The molecule has 11 atom stereocenters. The van der Waals surface area contributed by atoms with Gasteiger partial charge in [0.05, 0.1) is 18.8 Å². The third-order valence-electron chi connectivity index (χ3n) is 14.4. The van der Waals surface area contributed by atoms with Gasteiger partial charge in [-0.05, 0) is 112 Å². The van der Waals surface area contributed by atoms with Gasteiger partial charge in [0.1, 0.15) is 12.1 Å². The van der Waals surface area contributed by atoms with Crippen LogP contribution in [-0.4, -0.2) is 124 Å². The number of methoxy groups -OCH3 is 1. The SMILES string of the molecule is CC[C@@H]1CC(C=NC(=O)C2C(C(C)O)[C@H](CO)ON2CC2CCCC(c3cc(C(=O)NC(CN(C)C)C4CCCCC4)cc(N(C)C)c3)C2OC)[C@@H](C)CC1(C)C. The van der Waals surface area contributed by atoms with Crippen molar-refractivity contribution >= 4 is 23.7 Å². The van der Waals surface area contributed by atoms with Gasteiger partial charge in [0.2, 0.25) is 0 Å². The van der Waals surface area contributed by atoms with Crippen molar-refractivity contribution < 1.29 is 29.4 Å². The molecule has 1 heterocycles. The summed E-state index contributed by atoms with van der Waals surface area (Å²) in [7, 11) is 9.91. The quantitative estimate of drug-likeness (QED) is 0.169. The highest BCUT2D eigenvalue weighted by atomic mass is 16.7. The van der Waals surface area contributed by atoms with E-state index in [2.05, 4.69) is 74.0 Å².